The Kier molecular flexibility index (Phi) is 5.67. The van der Waals surface area contributed by atoms with E-state index in [2.05, 4.69) is 25.5 Å². The number of nitrogens with zero attached hydrogens (tertiary/aromatic N) is 4. The Hall–Kier alpha value is -4.50. The summed E-state index contributed by atoms with van der Waals surface area (Å²) in [7, 11) is 1.83. The predicted molar refractivity (Wildman–Crippen MR) is 138 cm³/mol. The average molecular weight is 480 g/mol. The molecular weight excluding hydrogens is 454 g/mol. The van der Waals surface area contributed by atoms with Gasteiger partial charge in [-0.25, -0.2) is 9.97 Å². The molecule has 5 aromatic rings. The lowest BCUT2D eigenvalue weighted by molar-refractivity contribution is 0.0706. The van der Waals surface area contributed by atoms with Crippen LogP contribution in [0.2, 0.25) is 0 Å². The first-order valence-electron chi connectivity index (χ1n) is 11.8. The van der Waals surface area contributed by atoms with Gasteiger partial charge in [0.05, 0.1) is 18.8 Å². The Morgan fingerprint density at radius 3 is 2.72 bits per heavy atom. The van der Waals surface area contributed by atoms with Crippen molar-refractivity contribution < 1.29 is 9.53 Å². The van der Waals surface area contributed by atoms with E-state index in [-0.39, 0.29) is 11.9 Å². The molecule has 0 saturated carbocycles. The van der Waals surface area contributed by atoms with Crippen molar-refractivity contribution in [2.75, 3.05) is 25.6 Å². The number of likely N-dealkylation sites (N-methyl/N-ethyl adjacent to an activating group) is 1. The summed E-state index contributed by atoms with van der Waals surface area (Å²) in [5.41, 5.74) is 5.33. The van der Waals surface area contributed by atoms with Crippen molar-refractivity contribution in [3.8, 4) is 22.5 Å². The molecule has 2 aromatic carbocycles. The van der Waals surface area contributed by atoms with E-state index < -0.39 is 0 Å². The standard InChI is InChI=1S/C27H25N7O2/c1-34(22-9-11-36-16-22)27(35)24-12-18-2-3-19(13-23(18)32-24)26-28-10-8-25(33-26)31-21-6-4-17(5-7-21)20-14-29-30-15-20/h2-8,10,12-15,22,32H,9,11,16H2,1H3,(H,29,30)(H,28,31,33). The van der Waals surface area contributed by atoms with Gasteiger partial charge in [-0.15, -0.1) is 0 Å². The molecule has 180 valence electrons. The molecule has 0 spiro atoms. The lowest BCUT2D eigenvalue weighted by Gasteiger charge is -2.22. The first kappa shape index (κ1) is 22.0. The number of nitrogens with one attached hydrogen (secondary N) is 3. The summed E-state index contributed by atoms with van der Waals surface area (Å²) >= 11 is 0. The van der Waals surface area contributed by atoms with E-state index in [0.717, 1.165) is 39.7 Å². The molecule has 1 aliphatic heterocycles. The molecule has 36 heavy (non-hydrogen) atoms. The second-order valence-corrected chi connectivity index (χ2v) is 8.87. The van der Waals surface area contributed by atoms with Crippen molar-refractivity contribution in [3.63, 3.8) is 0 Å². The van der Waals surface area contributed by atoms with E-state index in [1.165, 1.54) is 0 Å². The zero-order valence-corrected chi connectivity index (χ0v) is 19.7. The van der Waals surface area contributed by atoms with E-state index in [1.54, 1.807) is 17.3 Å². The van der Waals surface area contributed by atoms with Crippen LogP contribution in [0.3, 0.4) is 0 Å². The number of aromatic nitrogens is 5. The summed E-state index contributed by atoms with van der Waals surface area (Å²) < 4.78 is 5.43. The molecule has 0 radical (unpaired) electrons. The SMILES string of the molecule is CN(C(=O)c1cc2ccc(-c3nccc(Nc4ccc(-c5cn[nH]c5)cc4)n3)cc2[nH]1)C1CCOC1. The number of fused-ring (bicyclic) bond motifs is 1. The summed E-state index contributed by atoms with van der Waals surface area (Å²) in [5, 5.41) is 11.1. The maximum absolute atomic E-state index is 13.0. The van der Waals surface area contributed by atoms with Gasteiger partial charge in [-0.2, -0.15) is 5.10 Å². The van der Waals surface area contributed by atoms with Crippen molar-refractivity contribution in [2.24, 2.45) is 0 Å². The Morgan fingerprint density at radius 1 is 1.08 bits per heavy atom. The fraction of sp³-hybridized carbons (Fsp3) is 0.185. The van der Waals surface area contributed by atoms with Crippen molar-refractivity contribution in [2.45, 2.75) is 12.5 Å². The third-order valence-corrected chi connectivity index (χ3v) is 6.53. The molecular formula is C27H25N7O2. The third-order valence-electron chi connectivity index (χ3n) is 6.53. The number of rotatable bonds is 6. The minimum atomic E-state index is -0.0375. The van der Waals surface area contributed by atoms with Gasteiger partial charge >= 0.3 is 0 Å². The first-order chi connectivity index (χ1) is 17.6. The number of hydrogen-bond donors (Lipinski definition) is 3. The largest absolute Gasteiger partial charge is 0.379 e. The molecule has 1 saturated heterocycles. The molecule has 6 rings (SSSR count). The minimum absolute atomic E-state index is 0.0375. The number of anilines is 2. The van der Waals surface area contributed by atoms with Crippen LogP contribution < -0.4 is 5.32 Å². The first-order valence-corrected chi connectivity index (χ1v) is 11.8. The molecule has 9 nitrogen and oxygen atoms in total. The summed E-state index contributed by atoms with van der Waals surface area (Å²) in [4.78, 5) is 27.2. The van der Waals surface area contributed by atoms with Crippen LogP contribution in [0.4, 0.5) is 11.5 Å². The normalized spacial score (nSPS) is 15.3. The van der Waals surface area contributed by atoms with Crippen molar-refractivity contribution in [1.82, 2.24) is 30.0 Å². The van der Waals surface area contributed by atoms with E-state index in [0.29, 0.717) is 30.5 Å². The van der Waals surface area contributed by atoms with Gasteiger partial charge in [-0.05, 0) is 42.3 Å². The van der Waals surface area contributed by atoms with Gasteiger partial charge in [0, 0.05) is 53.8 Å². The maximum atomic E-state index is 13.0. The molecule has 3 aromatic heterocycles. The highest BCUT2D eigenvalue weighted by molar-refractivity contribution is 5.98. The number of amides is 1. The molecule has 1 unspecified atom stereocenters. The minimum Gasteiger partial charge on any atom is -0.379 e. The van der Waals surface area contributed by atoms with E-state index in [1.807, 2.05) is 67.8 Å². The average Bonchev–Trinajstić information content (AvgIpc) is 3.70. The number of carbonyl (C=O) groups excluding carboxylic acids is 1. The Morgan fingerprint density at radius 2 is 1.94 bits per heavy atom. The lowest BCUT2D eigenvalue weighted by atomic mass is 10.1. The lowest BCUT2D eigenvalue weighted by Crippen LogP contribution is -2.37. The molecule has 1 fully saturated rings. The zero-order valence-electron chi connectivity index (χ0n) is 19.7. The Bertz CT molecular complexity index is 1500. The van der Waals surface area contributed by atoms with E-state index in [9.17, 15) is 4.79 Å². The summed E-state index contributed by atoms with van der Waals surface area (Å²) in [6.07, 6.45) is 6.25. The number of aromatic amines is 2. The number of benzene rings is 2. The summed E-state index contributed by atoms with van der Waals surface area (Å²) in [6.45, 7) is 1.28. The van der Waals surface area contributed by atoms with Gasteiger partial charge in [0.15, 0.2) is 5.82 Å². The monoisotopic (exact) mass is 479 g/mol. The second-order valence-electron chi connectivity index (χ2n) is 8.87. The number of hydrogen-bond acceptors (Lipinski definition) is 6. The van der Waals surface area contributed by atoms with Gasteiger partial charge in [0.1, 0.15) is 11.5 Å². The zero-order chi connectivity index (χ0) is 24.5. The van der Waals surface area contributed by atoms with Crippen LogP contribution in [-0.4, -0.2) is 62.3 Å². The third kappa shape index (κ3) is 4.32. The van der Waals surface area contributed by atoms with Crippen LogP contribution in [0.15, 0.2) is 73.2 Å². The molecule has 1 atom stereocenters. The molecule has 0 bridgehead atoms. The van der Waals surface area contributed by atoms with E-state index in [4.69, 9.17) is 9.72 Å². The van der Waals surface area contributed by atoms with Crippen molar-refractivity contribution in [1.29, 1.82) is 0 Å². The number of H-pyrrole nitrogens is 2. The molecule has 4 heterocycles. The van der Waals surface area contributed by atoms with Crippen LogP contribution in [0, 0.1) is 0 Å². The number of ether oxygens (including phenoxy) is 1. The summed E-state index contributed by atoms with van der Waals surface area (Å²) in [5.74, 6) is 1.25. The van der Waals surface area contributed by atoms with Crippen LogP contribution in [-0.2, 0) is 4.74 Å². The van der Waals surface area contributed by atoms with Gasteiger partial charge in [-0.3, -0.25) is 9.89 Å². The van der Waals surface area contributed by atoms with E-state index >= 15 is 0 Å². The van der Waals surface area contributed by atoms with Crippen LogP contribution >= 0.6 is 0 Å². The number of carbonyl (C=O) groups is 1. The smallest absolute Gasteiger partial charge is 0.270 e. The van der Waals surface area contributed by atoms with Crippen molar-refractivity contribution >= 4 is 28.3 Å². The quantitative estimate of drug-likeness (QED) is 0.328. The van der Waals surface area contributed by atoms with Gasteiger partial charge < -0.3 is 19.9 Å². The molecule has 3 N–H and O–H groups in total. The summed E-state index contributed by atoms with van der Waals surface area (Å²) in [6, 6.07) is 17.8. The highest BCUT2D eigenvalue weighted by Crippen LogP contribution is 2.26. The van der Waals surface area contributed by atoms with Crippen LogP contribution in [0.1, 0.15) is 16.9 Å². The fourth-order valence-corrected chi connectivity index (χ4v) is 4.43. The molecule has 1 aliphatic rings. The van der Waals surface area contributed by atoms with Gasteiger partial charge in [-0.1, -0.05) is 24.3 Å². The van der Waals surface area contributed by atoms with Crippen molar-refractivity contribution in [3.05, 3.63) is 78.9 Å². The molecule has 9 heteroatoms. The van der Waals surface area contributed by atoms with Crippen LogP contribution in [0.5, 0.6) is 0 Å². The van der Waals surface area contributed by atoms with Crippen LogP contribution in [0.25, 0.3) is 33.4 Å². The Balaban J connectivity index is 1.21. The highest BCUT2D eigenvalue weighted by Gasteiger charge is 2.25. The second kappa shape index (κ2) is 9.27. The molecule has 0 aliphatic carbocycles. The highest BCUT2D eigenvalue weighted by atomic mass is 16.5. The molecule has 1 amide bonds. The topological polar surface area (TPSA) is 112 Å². The maximum Gasteiger partial charge on any atom is 0.270 e. The van der Waals surface area contributed by atoms with Gasteiger partial charge in [0.2, 0.25) is 0 Å². The predicted octanol–water partition coefficient (Wildman–Crippen LogP) is 4.62. The Labute approximate surface area is 207 Å². The van der Waals surface area contributed by atoms with Gasteiger partial charge in [0.25, 0.3) is 5.91 Å². The fourth-order valence-electron chi connectivity index (χ4n) is 4.43.